The van der Waals surface area contributed by atoms with Crippen molar-refractivity contribution in [3.8, 4) is 0 Å². The van der Waals surface area contributed by atoms with Crippen molar-refractivity contribution < 1.29 is 24.3 Å². The maximum atomic E-state index is 11.8. The summed E-state index contributed by atoms with van der Waals surface area (Å²) < 4.78 is 0. The molecular weight excluding hydrogens is 278 g/mol. The number of carboxylic acids is 1. The Labute approximate surface area is 120 Å². The topological polar surface area (TPSA) is 125 Å². The van der Waals surface area contributed by atoms with E-state index in [1.54, 1.807) is 12.1 Å². The Morgan fingerprint density at radius 3 is 2.43 bits per heavy atom. The molecule has 21 heavy (non-hydrogen) atoms. The molecule has 8 heteroatoms. The first-order valence-electron chi connectivity index (χ1n) is 6.03. The summed E-state index contributed by atoms with van der Waals surface area (Å²) in [4.78, 5) is 44.2. The van der Waals surface area contributed by atoms with E-state index in [1.807, 2.05) is 0 Å². The zero-order valence-corrected chi connectivity index (χ0v) is 11.3. The molecule has 1 aromatic rings. The van der Waals surface area contributed by atoms with Gasteiger partial charge in [-0.1, -0.05) is 6.07 Å². The Bertz CT molecular complexity index is 571. The Balaban J connectivity index is 2.53. The van der Waals surface area contributed by atoms with E-state index < -0.39 is 24.3 Å². The molecule has 0 spiro atoms. The van der Waals surface area contributed by atoms with Crippen LogP contribution < -0.4 is 16.0 Å². The highest BCUT2D eigenvalue weighted by Crippen LogP contribution is 2.10. The fraction of sp³-hybridized carbons (Fsp3) is 0.231. The minimum absolute atomic E-state index is 0.263. The molecule has 0 radical (unpaired) electrons. The van der Waals surface area contributed by atoms with E-state index in [9.17, 15) is 19.2 Å². The van der Waals surface area contributed by atoms with Crippen molar-refractivity contribution in [2.45, 2.75) is 6.92 Å². The number of amides is 3. The molecule has 4 N–H and O–H groups in total. The minimum atomic E-state index is -1.17. The molecule has 0 bridgehead atoms. The number of anilines is 1. The molecule has 8 nitrogen and oxygen atoms in total. The van der Waals surface area contributed by atoms with Gasteiger partial charge in [-0.2, -0.15) is 0 Å². The lowest BCUT2D eigenvalue weighted by atomic mass is 10.2. The van der Waals surface area contributed by atoms with Crippen LogP contribution in [0.3, 0.4) is 0 Å². The second kappa shape index (κ2) is 7.63. The number of nitrogens with one attached hydrogen (secondary N) is 3. The zero-order valence-electron chi connectivity index (χ0n) is 11.3. The summed E-state index contributed by atoms with van der Waals surface area (Å²) in [7, 11) is 0. The van der Waals surface area contributed by atoms with Crippen molar-refractivity contribution in [1.82, 2.24) is 10.6 Å². The van der Waals surface area contributed by atoms with Gasteiger partial charge >= 0.3 is 5.97 Å². The van der Waals surface area contributed by atoms with Crippen LogP contribution in [-0.4, -0.2) is 41.9 Å². The Hall–Kier alpha value is -2.90. The van der Waals surface area contributed by atoms with Crippen LogP contribution in [0, 0.1) is 0 Å². The van der Waals surface area contributed by atoms with Gasteiger partial charge in [-0.25, -0.2) is 0 Å². The van der Waals surface area contributed by atoms with Crippen LogP contribution in [0.25, 0.3) is 0 Å². The predicted molar refractivity (Wildman–Crippen MR) is 73.7 cm³/mol. The normalized spacial score (nSPS) is 9.57. The van der Waals surface area contributed by atoms with E-state index in [-0.39, 0.29) is 18.0 Å². The van der Waals surface area contributed by atoms with Crippen molar-refractivity contribution in [1.29, 1.82) is 0 Å². The van der Waals surface area contributed by atoms with Gasteiger partial charge in [-0.15, -0.1) is 0 Å². The highest BCUT2D eigenvalue weighted by molar-refractivity contribution is 5.98. The number of hydrogen-bond donors (Lipinski definition) is 4. The summed E-state index contributed by atoms with van der Waals surface area (Å²) in [5.74, 6) is -2.55. The minimum Gasteiger partial charge on any atom is -0.480 e. The van der Waals surface area contributed by atoms with Crippen molar-refractivity contribution in [2.24, 2.45) is 0 Å². The molecule has 3 amide bonds. The molecule has 0 aliphatic rings. The number of carboxylic acid groups (broad SMARTS) is 1. The van der Waals surface area contributed by atoms with Crippen LogP contribution in [0.2, 0.25) is 0 Å². The molecule has 0 fully saturated rings. The van der Waals surface area contributed by atoms with Gasteiger partial charge in [0.15, 0.2) is 0 Å². The average molecular weight is 293 g/mol. The fourth-order valence-electron chi connectivity index (χ4n) is 1.44. The van der Waals surface area contributed by atoms with E-state index >= 15 is 0 Å². The number of aliphatic carboxylic acids is 1. The van der Waals surface area contributed by atoms with Gasteiger partial charge in [-0.05, 0) is 18.2 Å². The molecule has 0 saturated carbocycles. The van der Waals surface area contributed by atoms with Gasteiger partial charge in [0.2, 0.25) is 11.8 Å². The predicted octanol–water partition coefficient (Wildman–Crippen LogP) is -0.424. The van der Waals surface area contributed by atoms with Crippen LogP contribution in [-0.2, 0) is 14.4 Å². The maximum Gasteiger partial charge on any atom is 0.322 e. The molecule has 0 aromatic heterocycles. The Kier molecular flexibility index (Phi) is 5.87. The summed E-state index contributed by atoms with van der Waals surface area (Å²) >= 11 is 0. The highest BCUT2D eigenvalue weighted by Gasteiger charge is 2.09. The van der Waals surface area contributed by atoms with Crippen LogP contribution in [0.5, 0.6) is 0 Å². The SMILES string of the molecule is CC(=O)Nc1cccc(C(=O)NCC(=O)NCC(=O)O)c1. The molecule has 1 rings (SSSR count). The first-order valence-corrected chi connectivity index (χ1v) is 6.03. The average Bonchev–Trinajstić information content (AvgIpc) is 2.42. The van der Waals surface area contributed by atoms with Crippen molar-refractivity contribution >= 4 is 29.4 Å². The lowest BCUT2D eigenvalue weighted by Gasteiger charge is -2.07. The summed E-state index contributed by atoms with van der Waals surface area (Å²) in [6.07, 6.45) is 0. The standard InChI is InChI=1S/C13H15N3O5/c1-8(17)16-10-4-2-3-9(5-10)13(21)15-6-11(18)14-7-12(19)20/h2-5H,6-7H2,1H3,(H,14,18)(H,15,21)(H,16,17)(H,19,20). The first kappa shape index (κ1) is 16.2. The summed E-state index contributed by atoms with van der Waals surface area (Å²) in [6, 6.07) is 6.20. The van der Waals surface area contributed by atoms with Crippen LogP contribution in [0.15, 0.2) is 24.3 Å². The molecule has 1 aromatic carbocycles. The lowest BCUT2D eigenvalue weighted by Crippen LogP contribution is -2.39. The van der Waals surface area contributed by atoms with Gasteiger partial charge in [0.05, 0.1) is 6.54 Å². The fourth-order valence-corrected chi connectivity index (χ4v) is 1.44. The largest absolute Gasteiger partial charge is 0.480 e. The molecular formula is C13H15N3O5. The van der Waals surface area contributed by atoms with E-state index in [0.29, 0.717) is 5.69 Å². The highest BCUT2D eigenvalue weighted by atomic mass is 16.4. The summed E-state index contributed by atoms with van der Waals surface area (Å²) in [6.45, 7) is 0.503. The second-order valence-corrected chi connectivity index (χ2v) is 4.12. The molecule has 0 heterocycles. The smallest absolute Gasteiger partial charge is 0.322 e. The molecule has 0 aliphatic carbocycles. The third-order valence-electron chi connectivity index (χ3n) is 2.29. The number of carbonyl (C=O) groups is 4. The third-order valence-corrected chi connectivity index (χ3v) is 2.29. The summed E-state index contributed by atoms with van der Waals surface area (Å²) in [5, 5.41) is 15.4. The van der Waals surface area contributed by atoms with Crippen LogP contribution in [0.4, 0.5) is 5.69 Å². The van der Waals surface area contributed by atoms with Gasteiger partial charge in [0.1, 0.15) is 6.54 Å². The number of carbonyl (C=O) groups excluding carboxylic acids is 3. The van der Waals surface area contributed by atoms with E-state index in [0.717, 1.165) is 0 Å². The van der Waals surface area contributed by atoms with Gasteiger partial charge in [0.25, 0.3) is 5.91 Å². The molecule has 112 valence electrons. The van der Waals surface area contributed by atoms with Crippen molar-refractivity contribution in [3.05, 3.63) is 29.8 Å². The summed E-state index contributed by atoms with van der Waals surface area (Å²) in [5.41, 5.74) is 0.734. The zero-order chi connectivity index (χ0) is 15.8. The molecule has 0 atom stereocenters. The Morgan fingerprint density at radius 1 is 1.10 bits per heavy atom. The van der Waals surface area contributed by atoms with Gasteiger partial charge in [0, 0.05) is 18.2 Å². The third kappa shape index (κ3) is 6.19. The molecule has 0 aliphatic heterocycles. The molecule has 0 unspecified atom stereocenters. The van der Waals surface area contributed by atoms with E-state index in [2.05, 4.69) is 16.0 Å². The first-order chi connectivity index (χ1) is 9.88. The van der Waals surface area contributed by atoms with E-state index in [4.69, 9.17) is 5.11 Å². The monoisotopic (exact) mass is 293 g/mol. The van der Waals surface area contributed by atoms with Gasteiger partial charge < -0.3 is 21.1 Å². The lowest BCUT2D eigenvalue weighted by molar-refractivity contribution is -0.137. The number of rotatable bonds is 6. The van der Waals surface area contributed by atoms with Crippen LogP contribution in [0.1, 0.15) is 17.3 Å². The maximum absolute atomic E-state index is 11.8. The van der Waals surface area contributed by atoms with Gasteiger partial charge in [-0.3, -0.25) is 19.2 Å². The number of hydrogen-bond acceptors (Lipinski definition) is 4. The number of benzene rings is 1. The van der Waals surface area contributed by atoms with Crippen molar-refractivity contribution in [2.75, 3.05) is 18.4 Å². The van der Waals surface area contributed by atoms with Crippen molar-refractivity contribution in [3.63, 3.8) is 0 Å². The van der Waals surface area contributed by atoms with E-state index in [1.165, 1.54) is 19.1 Å². The molecule has 0 saturated heterocycles. The second-order valence-electron chi connectivity index (χ2n) is 4.12. The van der Waals surface area contributed by atoms with Crippen LogP contribution >= 0.6 is 0 Å². The quantitative estimate of drug-likeness (QED) is 0.567. The Morgan fingerprint density at radius 2 is 1.81 bits per heavy atom.